The van der Waals surface area contributed by atoms with Crippen molar-refractivity contribution in [2.75, 3.05) is 0 Å². The van der Waals surface area contributed by atoms with Crippen LogP contribution >= 0.6 is 0 Å². The molecule has 0 bridgehead atoms. The average molecular weight is 260 g/mol. The zero-order valence-electron chi connectivity index (χ0n) is 8.31. The van der Waals surface area contributed by atoms with E-state index in [4.69, 9.17) is 14.0 Å². The summed E-state index contributed by atoms with van der Waals surface area (Å²) in [6.45, 7) is 17.1. The summed E-state index contributed by atoms with van der Waals surface area (Å²) in [4.78, 5) is 0. The van der Waals surface area contributed by atoms with Crippen molar-refractivity contribution in [3.05, 3.63) is 75.6 Å². The summed E-state index contributed by atoms with van der Waals surface area (Å²) in [6, 6.07) is 10.1. The van der Waals surface area contributed by atoms with Crippen LogP contribution < -0.4 is 0 Å². The molecule has 0 spiro atoms. The van der Waals surface area contributed by atoms with Crippen LogP contribution in [0.25, 0.3) is 0 Å². The predicted octanol–water partition coefficient (Wildman–Crippen LogP) is 2.16. The summed E-state index contributed by atoms with van der Waals surface area (Å²) in [6.07, 6.45) is 3.76. The van der Waals surface area contributed by atoms with Gasteiger partial charge >= 0.3 is 33.9 Å². The van der Waals surface area contributed by atoms with Gasteiger partial charge in [0.25, 0.3) is 0 Å². The first kappa shape index (κ1) is 24.3. The van der Waals surface area contributed by atoms with Crippen LogP contribution in [0.15, 0.2) is 30.3 Å². The molecular weight excluding hydrogens is 251 g/mol. The maximum Gasteiger partial charge on any atom is 0 e. The summed E-state index contributed by atoms with van der Waals surface area (Å²) in [7, 11) is 0. The maximum atomic E-state index is 7.50. The van der Waals surface area contributed by atoms with Gasteiger partial charge in [-0.05, 0) is 25.3 Å². The molecule has 4 heteroatoms. The van der Waals surface area contributed by atoms with E-state index in [9.17, 15) is 0 Å². The molecular formula is C12H9CoO3. The first-order chi connectivity index (χ1) is 7.43. The van der Waals surface area contributed by atoms with E-state index in [0.29, 0.717) is 0 Å². The summed E-state index contributed by atoms with van der Waals surface area (Å²) in [5, 5.41) is 0. The van der Waals surface area contributed by atoms with E-state index in [-0.39, 0.29) is 16.8 Å². The molecule has 0 unspecified atom stereocenters. The molecule has 0 saturated carbocycles. The van der Waals surface area contributed by atoms with Crippen molar-refractivity contribution < 1.29 is 30.7 Å². The van der Waals surface area contributed by atoms with Crippen LogP contribution in [-0.4, -0.2) is 0 Å². The summed E-state index contributed by atoms with van der Waals surface area (Å²) in [5.41, 5.74) is 1.20. The molecule has 4 radical (unpaired) electrons. The zero-order valence-corrected chi connectivity index (χ0v) is 9.35. The van der Waals surface area contributed by atoms with Crippen LogP contribution in [0.5, 0.6) is 0 Å². The first-order valence-corrected chi connectivity index (χ1v) is 3.55. The summed E-state index contributed by atoms with van der Waals surface area (Å²) in [5.74, 6) is 0. The third kappa shape index (κ3) is 18.7. The Morgan fingerprint density at radius 1 is 0.875 bits per heavy atom. The van der Waals surface area contributed by atoms with Crippen LogP contribution in [0.4, 0.5) is 0 Å². The number of rotatable bonds is 2. The Balaban J connectivity index is -0.0000000900. The molecule has 1 aromatic rings. The molecule has 84 valence electrons. The second-order valence-corrected chi connectivity index (χ2v) is 1.81. The van der Waals surface area contributed by atoms with Crippen molar-refractivity contribution in [2.24, 2.45) is 0 Å². The van der Waals surface area contributed by atoms with Gasteiger partial charge in [0.1, 0.15) is 0 Å². The van der Waals surface area contributed by atoms with Gasteiger partial charge < -0.3 is 0 Å². The number of benzene rings is 1. The quantitative estimate of drug-likeness (QED) is 0.578. The molecule has 1 rings (SSSR count). The maximum absolute atomic E-state index is 7.50. The molecule has 0 aliphatic carbocycles. The Labute approximate surface area is 107 Å². The van der Waals surface area contributed by atoms with E-state index in [2.05, 4.69) is 26.9 Å². The van der Waals surface area contributed by atoms with Crippen LogP contribution in [0, 0.1) is 39.7 Å². The molecule has 0 saturated heterocycles. The molecule has 0 heterocycles. The van der Waals surface area contributed by atoms with Gasteiger partial charge in [0.2, 0.25) is 0 Å². The van der Waals surface area contributed by atoms with Crippen molar-refractivity contribution in [1.29, 1.82) is 0 Å². The minimum atomic E-state index is 0. The van der Waals surface area contributed by atoms with Gasteiger partial charge in [-0.25, -0.2) is 0 Å². The Morgan fingerprint density at radius 2 is 1.25 bits per heavy atom. The van der Waals surface area contributed by atoms with E-state index in [1.54, 1.807) is 6.42 Å². The minimum absolute atomic E-state index is 0. The summed E-state index contributed by atoms with van der Waals surface area (Å²) < 4.78 is 22.5. The van der Waals surface area contributed by atoms with Crippen molar-refractivity contribution >= 4 is 0 Å². The van der Waals surface area contributed by atoms with E-state index >= 15 is 0 Å². The van der Waals surface area contributed by atoms with Crippen molar-refractivity contribution in [1.82, 2.24) is 0 Å². The van der Waals surface area contributed by atoms with Crippen LogP contribution in [0.3, 0.4) is 0 Å². The molecule has 0 N–H and O–H groups in total. The smallest absolute Gasteiger partial charge is 0 e. The molecule has 0 aliphatic rings. The normalized spacial score (nSPS) is 5.69. The Morgan fingerprint density at radius 3 is 1.56 bits per heavy atom. The standard InChI is InChI=1S/C9H9.3CO.Co/c1-2-6-9-7-4-3-5-8-9;3*1-2;/h2-8H,1H2;;;;. The Hall–Kier alpha value is -1.05. The van der Waals surface area contributed by atoms with E-state index < -0.39 is 0 Å². The molecule has 0 atom stereocenters. The molecule has 16 heavy (non-hydrogen) atoms. The SMILES string of the molecule is [C-]#[O+].[C-]#[O+].[C-]#[O+].[CH2][CH][CH]c1ccccc1.[Co]. The van der Waals surface area contributed by atoms with E-state index in [1.807, 2.05) is 36.8 Å². The van der Waals surface area contributed by atoms with E-state index in [0.717, 1.165) is 0 Å². The molecule has 0 amide bonds. The number of hydrogen-bond donors (Lipinski definition) is 0. The molecule has 0 aliphatic heterocycles. The van der Waals surface area contributed by atoms with Crippen LogP contribution in [0.2, 0.25) is 0 Å². The third-order valence-corrected chi connectivity index (χ3v) is 1.11. The minimum Gasteiger partial charge on any atom is -0.0622 e. The van der Waals surface area contributed by atoms with E-state index in [1.165, 1.54) is 5.56 Å². The zero-order chi connectivity index (χ0) is 12.5. The van der Waals surface area contributed by atoms with Gasteiger partial charge in [-0.3, -0.25) is 0 Å². The predicted molar refractivity (Wildman–Crippen MR) is 51.3 cm³/mol. The van der Waals surface area contributed by atoms with Crippen LogP contribution in [-0.2, 0) is 30.7 Å². The molecule has 0 fully saturated rings. The van der Waals surface area contributed by atoms with Gasteiger partial charge in [-0.2, -0.15) is 0 Å². The van der Waals surface area contributed by atoms with Gasteiger partial charge in [0.05, 0.1) is 0 Å². The molecule has 3 nitrogen and oxygen atoms in total. The first-order valence-electron chi connectivity index (χ1n) is 3.55. The largest absolute Gasteiger partial charge is 0.0622 e. The van der Waals surface area contributed by atoms with Crippen LogP contribution in [0.1, 0.15) is 5.56 Å². The average Bonchev–Trinajstić information content (AvgIpc) is 2.38. The topological polar surface area (TPSA) is 59.7 Å². The van der Waals surface area contributed by atoms with Gasteiger partial charge in [0.15, 0.2) is 0 Å². The van der Waals surface area contributed by atoms with Gasteiger partial charge in [-0.1, -0.05) is 30.3 Å². The second-order valence-electron chi connectivity index (χ2n) is 1.81. The monoisotopic (exact) mass is 260 g/mol. The fourth-order valence-electron chi connectivity index (χ4n) is 0.700. The summed E-state index contributed by atoms with van der Waals surface area (Å²) >= 11 is 0. The number of hydrogen-bond acceptors (Lipinski definition) is 0. The van der Waals surface area contributed by atoms with Crippen molar-refractivity contribution in [3.8, 4) is 0 Å². The Bertz CT molecular complexity index is 250. The van der Waals surface area contributed by atoms with Gasteiger partial charge in [0, 0.05) is 16.8 Å². The molecule has 0 aromatic heterocycles. The third-order valence-electron chi connectivity index (χ3n) is 1.11. The molecule has 1 aromatic carbocycles. The van der Waals surface area contributed by atoms with Crippen molar-refractivity contribution in [2.45, 2.75) is 0 Å². The fourth-order valence-corrected chi connectivity index (χ4v) is 0.700. The Kier molecular flexibility index (Phi) is 44.3. The van der Waals surface area contributed by atoms with Crippen molar-refractivity contribution in [3.63, 3.8) is 0 Å². The fraction of sp³-hybridized carbons (Fsp3) is 0. The van der Waals surface area contributed by atoms with Gasteiger partial charge in [-0.15, -0.1) is 0 Å². The second kappa shape index (κ2) is 29.2.